The average Bonchev–Trinajstić information content (AvgIpc) is 2.92. The van der Waals surface area contributed by atoms with Crippen molar-refractivity contribution in [3.05, 3.63) is 35.9 Å². The van der Waals surface area contributed by atoms with Gasteiger partial charge < -0.3 is 10.5 Å². The SMILES string of the molecule is CC(C)C(SCC1CCCO1)C(N)c1ccccc1. The molecule has 2 rings (SSSR count). The van der Waals surface area contributed by atoms with Crippen LogP contribution >= 0.6 is 11.8 Å². The van der Waals surface area contributed by atoms with Crippen LogP contribution in [0.4, 0.5) is 0 Å². The number of hydrogen-bond donors (Lipinski definition) is 1. The van der Waals surface area contributed by atoms with Crippen molar-refractivity contribution in [2.24, 2.45) is 11.7 Å². The van der Waals surface area contributed by atoms with Crippen molar-refractivity contribution >= 4 is 11.8 Å². The summed E-state index contributed by atoms with van der Waals surface area (Å²) in [5.41, 5.74) is 7.70. The molecule has 2 N–H and O–H groups in total. The summed E-state index contributed by atoms with van der Waals surface area (Å²) in [7, 11) is 0. The Hall–Kier alpha value is -0.510. The molecule has 1 aliphatic heterocycles. The second kappa shape index (κ2) is 7.32. The van der Waals surface area contributed by atoms with E-state index in [1.807, 2.05) is 17.8 Å². The molecule has 0 spiro atoms. The van der Waals surface area contributed by atoms with Gasteiger partial charge in [-0.2, -0.15) is 11.8 Å². The molecule has 1 saturated heterocycles. The van der Waals surface area contributed by atoms with Gasteiger partial charge in [0.15, 0.2) is 0 Å². The zero-order valence-electron chi connectivity index (χ0n) is 11.9. The van der Waals surface area contributed by atoms with E-state index < -0.39 is 0 Å². The number of ether oxygens (including phenoxy) is 1. The third-order valence-corrected chi connectivity index (χ3v) is 5.48. The molecule has 0 amide bonds. The Labute approximate surface area is 121 Å². The molecule has 1 aliphatic rings. The first kappa shape index (κ1) is 14.9. The van der Waals surface area contributed by atoms with Crippen LogP contribution in [0.3, 0.4) is 0 Å². The van der Waals surface area contributed by atoms with Gasteiger partial charge in [-0.1, -0.05) is 44.2 Å². The van der Waals surface area contributed by atoms with E-state index in [0.717, 1.165) is 12.4 Å². The minimum absolute atomic E-state index is 0.104. The molecule has 0 aromatic heterocycles. The van der Waals surface area contributed by atoms with Crippen molar-refractivity contribution in [3.63, 3.8) is 0 Å². The lowest BCUT2D eigenvalue weighted by atomic mass is 9.97. The molecule has 2 nitrogen and oxygen atoms in total. The molecule has 1 heterocycles. The monoisotopic (exact) mass is 279 g/mol. The summed E-state index contributed by atoms with van der Waals surface area (Å²) in [5, 5.41) is 0.451. The van der Waals surface area contributed by atoms with Crippen LogP contribution in [0.25, 0.3) is 0 Å². The Morgan fingerprint density at radius 2 is 2.05 bits per heavy atom. The van der Waals surface area contributed by atoms with E-state index in [-0.39, 0.29) is 6.04 Å². The van der Waals surface area contributed by atoms with Gasteiger partial charge in [0.1, 0.15) is 0 Å². The van der Waals surface area contributed by atoms with Crippen LogP contribution in [-0.4, -0.2) is 23.7 Å². The van der Waals surface area contributed by atoms with Gasteiger partial charge in [0.25, 0.3) is 0 Å². The van der Waals surface area contributed by atoms with Crippen molar-refractivity contribution in [3.8, 4) is 0 Å². The fourth-order valence-electron chi connectivity index (χ4n) is 2.57. The van der Waals surface area contributed by atoms with Crippen LogP contribution in [0.1, 0.15) is 38.3 Å². The molecule has 19 heavy (non-hydrogen) atoms. The highest BCUT2D eigenvalue weighted by Gasteiger charge is 2.25. The Kier molecular flexibility index (Phi) is 5.74. The Bertz CT molecular complexity index is 362. The lowest BCUT2D eigenvalue weighted by Crippen LogP contribution is -2.29. The number of rotatable bonds is 6. The number of thioether (sulfide) groups is 1. The van der Waals surface area contributed by atoms with Crippen molar-refractivity contribution < 1.29 is 4.74 Å². The van der Waals surface area contributed by atoms with Crippen LogP contribution in [0.5, 0.6) is 0 Å². The Morgan fingerprint density at radius 3 is 2.63 bits per heavy atom. The van der Waals surface area contributed by atoms with Gasteiger partial charge >= 0.3 is 0 Å². The van der Waals surface area contributed by atoms with Crippen LogP contribution in [0.15, 0.2) is 30.3 Å². The molecule has 106 valence electrons. The first-order valence-corrected chi connectivity index (χ1v) is 8.27. The maximum atomic E-state index is 6.46. The molecule has 0 saturated carbocycles. The van der Waals surface area contributed by atoms with Crippen molar-refractivity contribution in [1.82, 2.24) is 0 Å². The van der Waals surface area contributed by atoms with E-state index in [2.05, 4.69) is 38.1 Å². The number of nitrogens with two attached hydrogens (primary N) is 1. The summed E-state index contributed by atoms with van der Waals surface area (Å²) in [6.45, 7) is 5.45. The quantitative estimate of drug-likeness (QED) is 0.863. The van der Waals surface area contributed by atoms with Crippen molar-refractivity contribution in [2.75, 3.05) is 12.4 Å². The molecule has 1 fully saturated rings. The average molecular weight is 279 g/mol. The largest absolute Gasteiger partial charge is 0.377 e. The van der Waals surface area contributed by atoms with E-state index in [9.17, 15) is 0 Å². The van der Waals surface area contributed by atoms with Crippen molar-refractivity contribution in [1.29, 1.82) is 0 Å². The van der Waals surface area contributed by atoms with Gasteiger partial charge in [-0.3, -0.25) is 0 Å². The summed E-state index contributed by atoms with van der Waals surface area (Å²) < 4.78 is 5.71. The zero-order chi connectivity index (χ0) is 13.7. The highest BCUT2D eigenvalue weighted by molar-refractivity contribution is 8.00. The van der Waals surface area contributed by atoms with Gasteiger partial charge in [0.05, 0.1) is 6.10 Å². The molecule has 0 aliphatic carbocycles. The lowest BCUT2D eigenvalue weighted by Gasteiger charge is -2.28. The third kappa shape index (κ3) is 4.23. The van der Waals surface area contributed by atoms with E-state index in [4.69, 9.17) is 10.5 Å². The lowest BCUT2D eigenvalue weighted by molar-refractivity contribution is 0.128. The smallest absolute Gasteiger partial charge is 0.0666 e. The topological polar surface area (TPSA) is 35.2 Å². The normalized spacial score (nSPS) is 22.6. The fourth-order valence-corrected chi connectivity index (χ4v) is 4.02. The first-order valence-electron chi connectivity index (χ1n) is 7.22. The summed E-state index contributed by atoms with van der Waals surface area (Å²) >= 11 is 1.98. The van der Waals surface area contributed by atoms with E-state index in [0.29, 0.717) is 17.3 Å². The fraction of sp³-hybridized carbons (Fsp3) is 0.625. The zero-order valence-corrected chi connectivity index (χ0v) is 12.7. The predicted octanol–water partition coefficient (Wildman–Crippen LogP) is 3.62. The van der Waals surface area contributed by atoms with Crippen molar-refractivity contribution in [2.45, 2.75) is 44.1 Å². The highest BCUT2D eigenvalue weighted by atomic mass is 32.2. The van der Waals surface area contributed by atoms with E-state index in [1.54, 1.807) is 0 Å². The molecule has 3 heteroatoms. The highest BCUT2D eigenvalue weighted by Crippen LogP contribution is 2.32. The number of benzene rings is 1. The molecular formula is C16H25NOS. The van der Waals surface area contributed by atoms with Crippen LogP contribution < -0.4 is 5.73 Å². The van der Waals surface area contributed by atoms with Gasteiger partial charge in [0.2, 0.25) is 0 Å². The Morgan fingerprint density at radius 1 is 1.32 bits per heavy atom. The molecule has 0 radical (unpaired) electrons. The molecule has 3 unspecified atom stereocenters. The van der Waals surface area contributed by atoms with Crippen LogP contribution in [-0.2, 0) is 4.74 Å². The standard InChI is InChI=1S/C16H25NOS/c1-12(2)16(19-11-14-9-6-10-18-14)15(17)13-7-4-3-5-8-13/h3-5,7-8,12,14-16H,6,9-11,17H2,1-2H3. The molecular weight excluding hydrogens is 254 g/mol. The minimum atomic E-state index is 0.104. The summed E-state index contributed by atoms with van der Waals surface area (Å²) in [4.78, 5) is 0. The van der Waals surface area contributed by atoms with Gasteiger partial charge in [0, 0.05) is 23.7 Å². The van der Waals surface area contributed by atoms with Gasteiger partial charge in [-0.05, 0) is 24.3 Å². The van der Waals surface area contributed by atoms with Crippen LogP contribution in [0.2, 0.25) is 0 Å². The second-order valence-corrected chi connectivity index (χ2v) is 6.82. The van der Waals surface area contributed by atoms with Crippen LogP contribution in [0, 0.1) is 5.92 Å². The second-order valence-electron chi connectivity index (χ2n) is 5.61. The molecule has 3 atom stereocenters. The predicted molar refractivity (Wildman–Crippen MR) is 83.4 cm³/mol. The minimum Gasteiger partial charge on any atom is -0.377 e. The summed E-state index contributed by atoms with van der Waals surface area (Å²) in [6, 6.07) is 10.5. The maximum Gasteiger partial charge on any atom is 0.0666 e. The maximum absolute atomic E-state index is 6.46. The first-order chi connectivity index (χ1) is 9.18. The van der Waals surface area contributed by atoms with E-state index >= 15 is 0 Å². The van der Waals surface area contributed by atoms with Gasteiger partial charge in [-0.15, -0.1) is 0 Å². The third-order valence-electron chi connectivity index (χ3n) is 3.69. The summed E-state index contributed by atoms with van der Waals surface area (Å²) in [6.07, 6.45) is 2.86. The summed E-state index contributed by atoms with van der Waals surface area (Å²) in [5.74, 6) is 1.64. The number of hydrogen-bond acceptors (Lipinski definition) is 3. The molecule has 0 bridgehead atoms. The Balaban J connectivity index is 1.94. The van der Waals surface area contributed by atoms with Gasteiger partial charge in [-0.25, -0.2) is 0 Å². The molecule has 1 aromatic rings. The molecule has 1 aromatic carbocycles. The van der Waals surface area contributed by atoms with E-state index in [1.165, 1.54) is 18.4 Å².